The van der Waals surface area contributed by atoms with E-state index in [2.05, 4.69) is 22.9 Å². The maximum atomic E-state index is 13.8. The summed E-state index contributed by atoms with van der Waals surface area (Å²) in [4.78, 5) is 13.3. The number of halogens is 2. The van der Waals surface area contributed by atoms with Crippen molar-refractivity contribution in [2.24, 2.45) is 0 Å². The first-order valence-electron chi connectivity index (χ1n) is 8.57. The first-order valence-corrected chi connectivity index (χ1v) is 9.49. The molecule has 0 saturated heterocycles. The molecule has 0 radical (unpaired) electrons. The summed E-state index contributed by atoms with van der Waals surface area (Å²) < 4.78 is 24.0. The van der Waals surface area contributed by atoms with Crippen molar-refractivity contribution < 1.29 is 18.7 Å². The van der Waals surface area contributed by atoms with Gasteiger partial charge in [0.2, 0.25) is 0 Å². The Morgan fingerprint density at radius 2 is 1.79 bits per heavy atom. The summed E-state index contributed by atoms with van der Waals surface area (Å²) in [5, 5.41) is 0. The van der Waals surface area contributed by atoms with E-state index in [4.69, 9.17) is 9.47 Å². The molecule has 0 unspecified atom stereocenters. The molecule has 0 aromatic heterocycles. The van der Waals surface area contributed by atoms with Crippen LogP contribution in [0.5, 0.6) is 5.75 Å². The molecule has 0 atom stereocenters. The van der Waals surface area contributed by atoms with Gasteiger partial charge in [-0.25, -0.2) is 9.18 Å². The smallest absolute Gasteiger partial charge is 0.338 e. The number of carbonyl (C=O) groups is 1. The highest BCUT2D eigenvalue weighted by Crippen LogP contribution is 2.19. The van der Waals surface area contributed by atoms with Gasteiger partial charge in [0.15, 0.2) is 11.6 Å². The number of esters is 1. The van der Waals surface area contributed by atoms with E-state index in [1.165, 1.54) is 61.9 Å². The van der Waals surface area contributed by atoms with E-state index in [1.807, 2.05) is 0 Å². The van der Waals surface area contributed by atoms with Crippen LogP contribution in [0.25, 0.3) is 0 Å². The molecule has 1 aromatic carbocycles. The van der Waals surface area contributed by atoms with Gasteiger partial charge in [-0.05, 0) is 24.6 Å². The third-order valence-electron chi connectivity index (χ3n) is 3.65. The van der Waals surface area contributed by atoms with E-state index in [9.17, 15) is 9.18 Å². The largest absolute Gasteiger partial charge is 0.462 e. The zero-order valence-electron chi connectivity index (χ0n) is 14.2. The van der Waals surface area contributed by atoms with Gasteiger partial charge in [0.25, 0.3) is 0 Å². The van der Waals surface area contributed by atoms with Crippen molar-refractivity contribution in [3.8, 4) is 5.75 Å². The SMILES string of the molecule is CCCCCCCCCCOC(=O)c1ccc(OC=CBr)c(F)c1. The van der Waals surface area contributed by atoms with Crippen molar-refractivity contribution in [1.82, 2.24) is 0 Å². The molecule has 1 aromatic rings. The number of carbonyl (C=O) groups excluding carboxylic acids is 1. The monoisotopic (exact) mass is 400 g/mol. The number of rotatable bonds is 12. The molecule has 134 valence electrons. The van der Waals surface area contributed by atoms with Gasteiger partial charge >= 0.3 is 5.97 Å². The summed E-state index contributed by atoms with van der Waals surface area (Å²) in [5.74, 6) is -1.04. The summed E-state index contributed by atoms with van der Waals surface area (Å²) in [6.07, 6.45) is 10.8. The standard InChI is InChI=1S/C19H26BrFO3/c1-2-3-4-5-6-7-8-9-13-24-19(22)16-10-11-18(17(21)15-16)23-14-12-20/h10-12,14-15H,2-9,13H2,1H3. The molecular weight excluding hydrogens is 375 g/mol. The number of hydrogen-bond acceptors (Lipinski definition) is 3. The van der Waals surface area contributed by atoms with Crippen molar-refractivity contribution >= 4 is 21.9 Å². The molecule has 0 heterocycles. The van der Waals surface area contributed by atoms with E-state index in [-0.39, 0.29) is 11.3 Å². The Hall–Kier alpha value is -1.36. The van der Waals surface area contributed by atoms with Gasteiger partial charge in [0.1, 0.15) is 0 Å². The maximum Gasteiger partial charge on any atom is 0.338 e. The lowest BCUT2D eigenvalue weighted by Gasteiger charge is -2.07. The zero-order chi connectivity index (χ0) is 17.6. The van der Waals surface area contributed by atoms with Crippen LogP contribution in [-0.2, 0) is 4.74 Å². The molecule has 0 fully saturated rings. The van der Waals surface area contributed by atoms with Crippen molar-refractivity contribution in [1.29, 1.82) is 0 Å². The summed E-state index contributed by atoms with van der Waals surface area (Å²) in [5.41, 5.74) is 0.197. The molecule has 5 heteroatoms. The average Bonchev–Trinajstić information content (AvgIpc) is 2.59. The number of benzene rings is 1. The Bertz CT molecular complexity index is 517. The van der Waals surface area contributed by atoms with Crippen LogP contribution in [0.3, 0.4) is 0 Å². The van der Waals surface area contributed by atoms with Gasteiger partial charge in [0.05, 0.1) is 18.4 Å². The number of ether oxygens (including phenoxy) is 2. The third kappa shape index (κ3) is 8.48. The van der Waals surface area contributed by atoms with Gasteiger partial charge in [-0.2, -0.15) is 0 Å². The van der Waals surface area contributed by atoms with E-state index < -0.39 is 11.8 Å². The fourth-order valence-corrected chi connectivity index (χ4v) is 2.41. The highest BCUT2D eigenvalue weighted by Gasteiger charge is 2.11. The summed E-state index contributed by atoms with van der Waals surface area (Å²) >= 11 is 3.03. The third-order valence-corrected chi connectivity index (χ3v) is 3.86. The Kier molecular flexibility index (Phi) is 11.2. The highest BCUT2D eigenvalue weighted by atomic mass is 79.9. The Labute approximate surface area is 152 Å². The van der Waals surface area contributed by atoms with Crippen LogP contribution < -0.4 is 4.74 Å². The summed E-state index contributed by atoms with van der Waals surface area (Å²) in [7, 11) is 0. The molecule has 1 rings (SSSR count). The molecular formula is C19H26BrFO3. The average molecular weight is 401 g/mol. The lowest BCUT2D eigenvalue weighted by atomic mass is 10.1. The minimum Gasteiger partial charge on any atom is -0.462 e. The first kappa shape index (κ1) is 20.7. The van der Waals surface area contributed by atoms with Crippen molar-refractivity contribution in [3.63, 3.8) is 0 Å². The first-order chi connectivity index (χ1) is 11.7. The minimum atomic E-state index is -0.595. The Morgan fingerprint density at radius 3 is 2.42 bits per heavy atom. The second kappa shape index (κ2) is 13.0. The van der Waals surface area contributed by atoms with Crippen molar-refractivity contribution in [2.75, 3.05) is 6.61 Å². The Balaban J connectivity index is 2.22. The van der Waals surface area contributed by atoms with Crippen LogP contribution >= 0.6 is 15.9 Å². The lowest BCUT2D eigenvalue weighted by Crippen LogP contribution is -2.07. The topological polar surface area (TPSA) is 35.5 Å². The van der Waals surface area contributed by atoms with Gasteiger partial charge in [-0.3, -0.25) is 0 Å². The quantitative estimate of drug-likeness (QED) is 0.232. The van der Waals surface area contributed by atoms with Crippen LogP contribution in [0.2, 0.25) is 0 Å². The molecule has 0 saturated carbocycles. The van der Waals surface area contributed by atoms with Gasteiger partial charge in [-0.15, -0.1) is 0 Å². The predicted octanol–water partition coefficient (Wildman–Crippen LogP) is 6.37. The summed E-state index contributed by atoms with van der Waals surface area (Å²) in [6, 6.07) is 4.04. The summed E-state index contributed by atoms with van der Waals surface area (Å²) in [6.45, 7) is 2.58. The van der Waals surface area contributed by atoms with Crippen LogP contribution in [0, 0.1) is 5.82 Å². The van der Waals surface area contributed by atoms with Gasteiger partial charge in [0, 0.05) is 4.99 Å². The fraction of sp³-hybridized carbons (Fsp3) is 0.526. The second-order valence-electron chi connectivity index (χ2n) is 5.64. The normalized spacial score (nSPS) is 11.0. The molecule has 0 aliphatic heterocycles. The van der Waals surface area contributed by atoms with Crippen LogP contribution in [0.4, 0.5) is 4.39 Å². The molecule has 0 spiro atoms. The van der Waals surface area contributed by atoms with Gasteiger partial charge in [-0.1, -0.05) is 67.8 Å². The molecule has 0 amide bonds. The van der Waals surface area contributed by atoms with E-state index in [0.29, 0.717) is 6.61 Å². The highest BCUT2D eigenvalue weighted by molar-refractivity contribution is 9.11. The molecule has 3 nitrogen and oxygen atoms in total. The maximum absolute atomic E-state index is 13.8. The van der Waals surface area contributed by atoms with Crippen LogP contribution in [-0.4, -0.2) is 12.6 Å². The molecule has 0 aliphatic rings. The van der Waals surface area contributed by atoms with Gasteiger partial charge < -0.3 is 9.47 Å². The van der Waals surface area contributed by atoms with Crippen molar-refractivity contribution in [2.45, 2.75) is 58.3 Å². The second-order valence-corrected chi connectivity index (χ2v) is 6.16. The minimum absolute atomic E-state index is 0.0605. The van der Waals surface area contributed by atoms with Crippen LogP contribution in [0.15, 0.2) is 29.4 Å². The molecule has 0 aliphatic carbocycles. The molecule has 24 heavy (non-hydrogen) atoms. The van der Waals surface area contributed by atoms with Crippen LogP contribution in [0.1, 0.15) is 68.6 Å². The molecule has 0 N–H and O–H groups in total. The van der Waals surface area contributed by atoms with E-state index in [1.54, 1.807) is 0 Å². The number of unbranched alkanes of at least 4 members (excludes halogenated alkanes) is 7. The van der Waals surface area contributed by atoms with E-state index in [0.717, 1.165) is 18.9 Å². The van der Waals surface area contributed by atoms with E-state index >= 15 is 0 Å². The predicted molar refractivity (Wildman–Crippen MR) is 98.0 cm³/mol. The number of hydrogen-bond donors (Lipinski definition) is 0. The zero-order valence-corrected chi connectivity index (χ0v) is 15.8. The fourth-order valence-electron chi connectivity index (χ4n) is 2.31. The Morgan fingerprint density at radius 1 is 1.12 bits per heavy atom. The van der Waals surface area contributed by atoms with Crippen molar-refractivity contribution in [3.05, 3.63) is 40.8 Å². The molecule has 0 bridgehead atoms. The lowest BCUT2D eigenvalue weighted by molar-refractivity contribution is 0.0497.